The van der Waals surface area contributed by atoms with Crippen LogP contribution >= 0.6 is 11.6 Å². The topological polar surface area (TPSA) is 58.3 Å². The summed E-state index contributed by atoms with van der Waals surface area (Å²) in [5.41, 5.74) is 6.49. The fraction of sp³-hybridized carbons (Fsp3) is 0.538. The molecule has 0 aliphatic carbocycles. The predicted octanol–water partition coefficient (Wildman–Crippen LogP) is 2.23. The summed E-state index contributed by atoms with van der Waals surface area (Å²) >= 11 is 6.01. The van der Waals surface area contributed by atoms with Crippen LogP contribution in [-0.2, 0) is 0 Å². The van der Waals surface area contributed by atoms with Gasteiger partial charge in [-0.05, 0) is 38.0 Å². The van der Waals surface area contributed by atoms with Crippen molar-refractivity contribution in [2.75, 3.05) is 6.54 Å². The number of rotatable bonds is 6. The van der Waals surface area contributed by atoms with Crippen molar-refractivity contribution in [3.63, 3.8) is 0 Å². The van der Waals surface area contributed by atoms with E-state index in [9.17, 15) is 9.50 Å². The Morgan fingerprint density at radius 3 is 2.61 bits per heavy atom. The van der Waals surface area contributed by atoms with Crippen molar-refractivity contribution in [1.29, 1.82) is 0 Å². The van der Waals surface area contributed by atoms with Gasteiger partial charge in [-0.3, -0.25) is 0 Å². The van der Waals surface area contributed by atoms with Gasteiger partial charge < -0.3 is 16.2 Å². The molecule has 0 saturated carbocycles. The molecule has 0 fully saturated rings. The van der Waals surface area contributed by atoms with Gasteiger partial charge in [0.25, 0.3) is 0 Å². The molecule has 5 heteroatoms. The van der Waals surface area contributed by atoms with Crippen molar-refractivity contribution in [2.45, 2.75) is 38.5 Å². The molecule has 18 heavy (non-hydrogen) atoms. The second-order valence-corrected chi connectivity index (χ2v) is 5.01. The van der Waals surface area contributed by atoms with Crippen molar-refractivity contribution in [3.05, 3.63) is 34.6 Å². The van der Waals surface area contributed by atoms with Crippen LogP contribution in [0.2, 0.25) is 5.02 Å². The van der Waals surface area contributed by atoms with Crippen LogP contribution in [0.3, 0.4) is 0 Å². The number of hydrogen-bond acceptors (Lipinski definition) is 3. The lowest BCUT2D eigenvalue weighted by Crippen LogP contribution is -2.36. The molecular weight excluding hydrogens is 255 g/mol. The number of halogens is 2. The lowest BCUT2D eigenvalue weighted by Gasteiger charge is -2.24. The summed E-state index contributed by atoms with van der Waals surface area (Å²) in [7, 11) is 0. The third-order valence-electron chi connectivity index (χ3n) is 2.75. The predicted molar refractivity (Wildman–Crippen MR) is 72.1 cm³/mol. The molecule has 0 amide bonds. The Kier molecular flexibility index (Phi) is 6.02. The molecule has 3 unspecified atom stereocenters. The van der Waals surface area contributed by atoms with E-state index >= 15 is 0 Å². The van der Waals surface area contributed by atoms with Gasteiger partial charge in [-0.15, -0.1) is 0 Å². The molecule has 4 N–H and O–H groups in total. The summed E-state index contributed by atoms with van der Waals surface area (Å²) in [4.78, 5) is 0. The fourth-order valence-electron chi connectivity index (χ4n) is 1.99. The van der Waals surface area contributed by atoms with E-state index in [1.165, 1.54) is 12.1 Å². The maximum absolute atomic E-state index is 13.0. The minimum absolute atomic E-state index is 0.0969. The zero-order valence-electron chi connectivity index (χ0n) is 10.7. The first kappa shape index (κ1) is 15.4. The van der Waals surface area contributed by atoms with Crippen LogP contribution in [0, 0.1) is 5.82 Å². The molecule has 0 heterocycles. The Bertz CT molecular complexity index is 387. The molecule has 0 aromatic heterocycles. The number of benzene rings is 1. The van der Waals surface area contributed by atoms with Gasteiger partial charge in [-0.2, -0.15) is 0 Å². The third kappa shape index (κ3) is 4.53. The number of aliphatic hydroxyl groups is 1. The smallest absolute Gasteiger partial charge is 0.124 e. The highest BCUT2D eigenvalue weighted by molar-refractivity contribution is 6.31. The number of hydrogen-bond donors (Lipinski definition) is 3. The van der Waals surface area contributed by atoms with Crippen molar-refractivity contribution >= 4 is 11.6 Å². The molecule has 102 valence electrons. The number of nitrogens with two attached hydrogens (primary N) is 1. The molecule has 0 bridgehead atoms. The van der Waals surface area contributed by atoms with E-state index in [4.69, 9.17) is 17.3 Å². The summed E-state index contributed by atoms with van der Waals surface area (Å²) in [5.74, 6) is -0.364. The van der Waals surface area contributed by atoms with Gasteiger partial charge in [0.2, 0.25) is 0 Å². The van der Waals surface area contributed by atoms with Gasteiger partial charge in [-0.1, -0.05) is 17.7 Å². The molecule has 1 aromatic carbocycles. The van der Waals surface area contributed by atoms with Gasteiger partial charge >= 0.3 is 0 Å². The normalized spacial score (nSPS) is 16.3. The molecule has 1 rings (SSSR count). The monoisotopic (exact) mass is 274 g/mol. The molecule has 0 spiro atoms. The molecule has 0 saturated heterocycles. The lowest BCUT2D eigenvalue weighted by molar-refractivity contribution is 0.168. The highest BCUT2D eigenvalue weighted by Crippen LogP contribution is 2.24. The maximum Gasteiger partial charge on any atom is 0.124 e. The average molecular weight is 275 g/mol. The Morgan fingerprint density at radius 1 is 1.44 bits per heavy atom. The molecule has 3 atom stereocenters. The maximum atomic E-state index is 13.0. The Balaban J connectivity index is 2.76. The van der Waals surface area contributed by atoms with Gasteiger partial charge in [0.1, 0.15) is 5.82 Å². The standard InChI is InChI=1S/C13H20ClFN2O/c1-8(5-9(2)18)17-13(7-16)11-4-3-10(15)6-12(11)14/h3-4,6,8-9,13,17-18H,5,7,16H2,1-2H3. The van der Waals surface area contributed by atoms with E-state index in [1.54, 1.807) is 13.0 Å². The number of aliphatic hydroxyl groups excluding tert-OH is 1. The largest absolute Gasteiger partial charge is 0.393 e. The minimum atomic E-state index is -0.380. The van der Waals surface area contributed by atoms with Crippen molar-refractivity contribution in [3.8, 4) is 0 Å². The molecule has 1 aromatic rings. The van der Waals surface area contributed by atoms with Gasteiger partial charge in [0, 0.05) is 23.7 Å². The summed E-state index contributed by atoms with van der Waals surface area (Å²) in [5, 5.41) is 13.0. The first-order valence-corrected chi connectivity index (χ1v) is 6.41. The summed E-state index contributed by atoms with van der Waals surface area (Å²) in [6.45, 7) is 4.06. The zero-order chi connectivity index (χ0) is 13.7. The Hall–Kier alpha value is -0.680. The minimum Gasteiger partial charge on any atom is -0.393 e. The molecule has 3 nitrogen and oxygen atoms in total. The first-order chi connectivity index (χ1) is 8.43. The van der Waals surface area contributed by atoms with Crippen LogP contribution in [-0.4, -0.2) is 23.8 Å². The van der Waals surface area contributed by atoms with E-state index in [0.29, 0.717) is 18.0 Å². The van der Waals surface area contributed by atoms with Gasteiger partial charge in [0.05, 0.1) is 6.10 Å². The molecular formula is C13H20ClFN2O. The zero-order valence-corrected chi connectivity index (χ0v) is 11.4. The lowest BCUT2D eigenvalue weighted by atomic mass is 10.0. The van der Waals surface area contributed by atoms with Crippen LogP contribution < -0.4 is 11.1 Å². The Labute approximate surface area is 112 Å². The average Bonchev–Trinajstić information content (AvgIpc) is 2.25. The third-order valence-corrected chi connectivity index (χ3v) is 3.08. The van der Waals surface area contributed by atoms with Crippen LogP contribution in [0.5, 0.6) is 0 Å². The fourth-order valence-corrected chi connectivity index (χ4v) is 2.29. The summed E-state index contributed by atoms with van der Waals surface area (Å²) in [6.07, 6.45) is 0.240. The second kappa shape index (κ2) is 7.04. The van der Waals surface area contributed by atoms with Crippen molar-refractivity contribution < 1.29 is 9.50 Å². The van der Waals surface area contributed by atoms with E-state index in [2.05, 4.69) is 5.32 Å². The summed E-state index contributed by atoms with van der Waals surface area (Å²) in [6, 6.07) is 4.23. The van der Waals surface area contributed by atoms with Crippen LogP contribution in [0.25, 0.3) is 0 Å². The van der Waals surface area contributed by atoms with Gasteiger partial charge in [0.15, 0.2) is 0 Å². The van der Waals surface area contributed by atoms with E-state index < -0.39 is 0 Å². The second-order valence-electron chi connectivity index (χ2n) is 4.61. The molecule has 0 aliphatic heterocycles. The Morgan fingerprint density at radius 2 is 2.11 bits per heavy atom. The summed E-state index contributed by atoms with van der Waals surface area (Å²) < 4.78 is 13.0. The van der Waals surface area contributed by atoms with E-state index in [1.807, 2.05) is 6.92 Å². The number of nitrogens with one attached hydrogen (secondary N) is 1. The quantitative estimate of drug-likeness (QED) is 0.746. The molecule has 0 aliphatic rings. The van der Waals surface area contributed by atoms with Crippen molar-refractivity contribution in [2.24, 2.45) is 5.73 Å². The highest BCUT2D eigenvalue weighted by Gasteiger charge is 2.16. The van der Waals surface area contributed by atoms with Crippen LogP contribution in [0.4, 0.5) is 4.39 Å². The SMILES string of the molecule is CC(O)CC(C)NC(CN)c1ccc(F)cc1Cl. The van der Waals surface area contributed by atoms with Gasteiger partial charge in [-0.25, -0.2) is 4.39 Å². The van der Waals surface area contributed by atoms with Crippen LogP contribution in [0.15, 0.2) is 18.2 Å². The molecule has 0 radical (unpaired) electrons. The first-order valence-electron chi connectivity index (χ1n) is 6.03. The van der Waals surface area contributed by atoms with E-state index in [0.717, 1.165) is 5.56 Å². The van der Waals surface area contributed by atoms with Crippen LogP contribution in [0.1, 0.15) is 31.9 Å². The van der Waals surface area contributed by atoms with E-state index in [-0.39, 0.29) is 24.0 Å². The highest BCUT2D eigenvalue weighted by atomic mass is 35.5. The van der Waals surface area contributed by atoms with Crippen molar-refractivity contribution in [1.82, 2.24) is 5.32 Å².